The number of sulfonamides is 1. The minimum atomic E-state index is -3.98. The van der Waals surface area contributed by atoms with Crippen LogP contribution in [0.3, 0.4) is 0 Å². The van der Waals surface area contributed by atoms with Gasteiger partial charge in [-0.25, -0.2) is 12.8 Å². The predicted molar refractivity (Wildman–Crippen MR) is 131 cm³/mol. The number of benzene rings is 3. The molecule has 0 spiro atoms. The zero-order valence-electron chi connectivity index (χ0n) is 19.0. The first kappa shape index (κ1) is 23.9. The van der Waals surface area contributed by atoms with Gasteiger partial charge in [0.2, 0.25) is 0 Å². The van der Waals surface area contributed by atoms with Gasteiger partial charge in [0.05, 0.1) is 10.6 Å². The number of nitrogens with one attached hydrogen (secondary N) is 2. The van der Waals surface area contributed by atoms with Gasteiger partial charge in [0.25, 0.3) is 15.9 Å². The number of para-hydroxylation sites is 1. The van der Waals surface area contributed by atoms with Crippen molar-refractivity contribution in [3.05, 3.63) is 95.3 Å². The number of nitrogens with zero attached hydrogens (tertiary/aromatic N) is 1. The molecule has 3 aromatic carbocycles. The Kier molecular flexibility index (Phi) is 7.29. The molecule has 1 unspecified atom stereocenters. The van der Waals surface area contributed by atoms with E-state index in [9.17, 15) is 17.6 Å². The second-order valence-electron chi connectivity index (χ2n) is 8.37. The van der Waals surface area contributed by atoms with Crippen molar-refractivity contribution in [1.29, 1.82) is 0 Å². The minimum Gasteiger partial charge on any atom is -0.350 e. The molecule has 0 saturated carbocycles. The highest BCUT2D eigenvalue weighted by Gasteiger charge is 2.23. The first-order chi connectivity index (χ1) is 16.4. The van der Waals surface area contributed by atoms with E-state index in [0.29, 0.717) is 12.1 Å². The van der Waals surface area contributed by atoms with E-state index in [1.807, 2.05) is 0 Å². The van der Waals surface area contributed by atoms with Crippen LogP contribution in [0.2, 0.25) is 0 Å². The highest BCUT2D eigenvalue weighted by molar-refractivity contribution is 7.92. The van der Waals surface area contributed by atoms with Gasteiger partial charge < -0.3 is 5.32 Å². The lowest BCUT2D eigenvalue weighted by Gasteiger charge is -2.35. The van der Waals surface area contributed by atoms with Gasteiger partial charge in [-0.05, 0) is 60.4 Å². The van der Waals surface area contributed by atoms with Crippen LogP contribution in [0.25, 0.3) is 0 Å². The molecule has 34 heavy (non-hydrogen) atoms. The Balaban J connectivity index is 1.36. The molecule has 0 saturated heterocycles. The van der Waals surface area contributed by atoms with E-state index < -0.39 is 15.8 Å². The topological polar surface area (TPSA) is 78.5 Å². The highest BCUT2D eigenvalue weighted by atomic mass is 32.2. The van der Waals surface area contributed by atoms with E-state index in [0.717, 1.165) is 25.9 Å². The minimum absolute atomic E-state index is 0.0503. The Labute approximate surface area is 199 Å². The van der Waals surface area contributed by atoms with Crippen molar-refractivity contribution < 1.29 is 17.6 Å². The third-order valence-electron chi connectivity index (χ3n) is 6.19. The molecule has 1 aliphatic rings. The summed E-state index contributed by atoms with van der Waals surface area (Å²) in [7, 11) is -3.98. The maximum Gasteiger partial charge on any atom is 0.261 e. The number of carbonyl (C=O) groups excluding carboxylic acids is 1. The number of halogens is 1. The molecule has 4 rings (SSSR count). The third-order valence-corrected chi connectivity index (χ3v) is 7.57. The SMILES string of the molecule is CCC(CNC(=O)c1ccc(S(=O)(=O)Nc2ccccc2F)cc1)N1CCc2ccccc2C1. The van der Waals surface area contributed by atoms with Gasteiger partial charge in [0, 0.05) is 31.2 Å². The Morgan fingerprint density at radius 1 is 1.00 bits per heavy atom. The quantitative estimate of drug-likeness (QED) is 0.506. The molecule has 0 aliphatic carbocycles. The highest BCUT2D eigenvalue weighted by Crippen LogP contribution is 2.22. The zero-order valence-corrected chi connectivity index (χ0v) is 19.8. The fourth-order valence-electron chi connectivity index (χ4n) is 4.21. The molecule has 1 heterocycles. The van der Waals surface area contributed by atoms with Crippen molar-refractivity contribution in [3.8, 4) is 0 Å². The van der Waals surface area contributed by atoms with Crippen LogP contribution >= 0.6 is 0 Å². The van der Waals surface area contributed by atoms with Crippen molar-refractivity contribution in [2.24, 2.45) is 0 Å². The van der Waals surface area contributed by atoms with Gasteiger partial charge in [-0.15, -0.1) is 0 Å². The standard InChI is InChI=1S/C26H28FN3O3S/c1-2-22(30-16-15-19-7-3-4-8-21(19)18-30)17-28-26(31)20-11-13-23(14-12-20)34(32,33)29-25-10-6-5-9-24(25)27/h3-14,22,29H,2,15-18H2,1H3,(H,28,31). The monoisotopic (exact) mass is 481 g/mol. The Hall–Kier alpha value is -3.23. The molecule has 6 nitrogen and oxygen atoms in total. The zero-order chi connectivity index (χ0) is 24.1. The summed E-state index contributed by atoms with van der Waals surface area (Å²) in [6.45, 7) is 4.44. The average molecular weight is 482 g/mol. The van der Waals surface area contributed by atoms with Crippen LogP contribution in [0.1, 0.15) is 34.8 Å². The number of rotatable bonds is 8. The molecule has 3 aromatic rings. The molecule has 1 aliphatic heterocycles. The van der Waals surface area contributed by atoms with Crippen LogP contribution in [0.15, 0.2) is 77.7 Å². The molecule has 0 bridgehead atoms. The number of hydrogen-bond acceptors (Lipinski definition) is 4. The molecule has 178 valence electrons. The van der Waals surface area contributed by atoms with Crippen LogP contribution in [-0.4, -0.2) is 38.4 Å². The molecule has 1 atom stereocenters. The van der Waals surface area contributed by atoms with Gasteiger partial charge in [0.15, 0.2) is 0 Å². The van der Waals surface area contributed by atoms with Crippen LogP contribution in [0.5, 0.6) is 0 Å². The molecule has 0 radical (unpaired) electrons. The smallest absolute Gasteiger partial charge is 0.261 e. The van der Waals surface area contributed by atoms with Crippen molar-refractivity contribution >= 4 is 21.6 Å². The summed E-state index contributed by atoms with van der Waals surface area (Å²) in [6, 6.07) is 19.8. The van der Waals surface area contributed by atoms with Gasteiger partial charge in [0.1, 0.15) is 5.82 Å². The van der Waals surface area contributed by atoms with E-state index in [-0.39, 0.29) is 22.5 Å². The molecule has 0 fully saturated rings. The van der Waals surface area contributed by atoms with Gasteiger partial charge in [-0.3, -0.25) is 14.4 Å². The lowest BCUT2D eigenvalue weighted by molar-refractivity contribution is 0.0926. The van der Waals surface area contributed by atoms with E-state index >= 15 is 0 Å². The molecule has 1 amide bonds. The maximum atomic E-state index is 13.8. The lowest BCUT2D eigenvalue weighted by Crippen LogP contribution is -2.45. The van der Waals surface area contributed by atoms with Crippen LogP contribution < -0.4 is 10.0 Å². The summed E-state index contributed by atoms with van der Waals surface area (Å²) in [5.41, 5.74) is 2.95. The summed E-state index contributed by atoms with van der Waals surface area (Å²) >= 11 is 0. The number of carbonyl (C=O) groups is 1. The second kappa shape index (κ2) is 10.4. The lowest BCUT2D eigenvalue weighted by atomic mass is 9.98. The molecule has 2 N–H and O–H groups in total. The first-order valence-corrected chi connectivity index (χ1v) is 12.8. The number of anilines is 1. The number of amides is 1. The summed E-state index contributed by atoms with van der Waals surface area (Å²) < 4.78 is 41.2. The van der Waals surface area contributed by atoms with Gasteiger partial charge >= 0.3 is 0 Å². The predicted octanol–water partition coefficient (Wildman–Crippen LogP) is 4.19. The van der Waals surface area contributed by atoms with Crippen LogP contribution in [0.4, 0.5) is 10.1 Å². The summed E-state index contributed by atoms with van der Waals surface area (Å²) in [4.78, 5) is 15.0. The molecule has 8 heteroatoms. The largest absolute Gasteiger partial charge is 0.350 e. The van der Waals surface area contributed by atoms with Crippen molar-refractivity contribution in [3.63, 3.8) is 0 Å². The summed E-state index contributed by atoms with van der Waals surface area (Å²) in [6.07, 6.45) is 1.90. The van der Waals surface area contributed by atoms with Gasteiger partial charge in [-0.2, -0.15) is 0 Å². The van der Waals surface area contributed by atoms with Crippen molar-refractivity contribution in [2.45, 2.75) is 37.2 Å². The second-order valence-corrected chi connectivity index (χ2v) is 10.1. The number of fused-ring (bicyclic) bond motifs is 1. The Morgan fingerprint density at radius 3 is 2.38 bits per heavy atom. The van der Waals surface area contributed by atoms with Crippen LogP contribution in [0, 0.1) is 5.82 Å². The molecular formula is C26H28FN3O3S. The summed E-state index contributed by atoms with van der Waals surface area (Å²) in [5, 5.41) is 2.98. The van der Waals surface area contributed by atoms with Crippen LogP contribution in [-0.2, 0) is 23.0 Å². The summed E-state index contributed by atoms with van der Waals surface area (Å²) in [5.74, 6) is -0.924. The van der Waals surface area contributed by atoms with E-state index in [1.54, 1.807) is 6.07 Å². The normalized spacial score (nSPS) is 14.8. The maximum absolute atomic E-state index is 13.8. The fourth-order valence-corrected chi connectivity index (χ4v) is 5.27. The van der Waals surface area contributed by atoms with Crippen molar-refractivity contribution in [1.82, 2.24) is 10.2 Å². The molecular weight excluding hydrogens is 453 g/mol. The number of hydrogen-bond donors (Lipinski definition) is 2. The Morgan fingerprint density at radius 2 is 1.68 bits per heavy atom. The van der Waals surface area contributed by atoms with Gasteiger partial charge in [-0.1, -0.05) is 43.3 Å². The van der Waals surface area contributed by atoms with E-state index in [1.165, 1.54) is 53.6 Å². The average Bonchev–Trinajstić information content (AvgIpc) is 2.85. The van der Waals surface area contributed by atoms with Crippen molar-refractivity contribution in [2.75, 3.05) is 17.8 Å². The van der Waals surface area contributed by atoms with E-state index in [4.69, 9.17) is 0 Å². The third kappa shape index (κ3) is 5.46. The molecule has 0 aromatic heterocycles. The fraction of sp³-hybridized carbons (Fsp3) is 0.269. The van der Waals surface area contributed by atoms with E-state index in [2.05, 4.69) is 46.1 Å². The Bertz CT molecular complexity index is 1260. The first-order valence-electron chi connectivity index (χ1n) is 11.3.